The Labute approximate surface area is 164 Å². The number of carbonyl (C=O) groups is 2. The van der Waals surface area contributed by atoms with E-state index in [4.69, 9.17) is 16.3 Å². The number of nitro benzene ring substituents is 1. The standard InChI is InChI=1S/C19H16ClFN2O5/c1-9-7-15(24)18-16(6-5-13(21)17(9)18)28-10(2)19(25)22-14-8-11(23(26)27)3-4-12(14)20/h3-6,8-10H,7H2,1-2H3,(H,22,25). The number of halogens is 2. The number of hydrogen-bond acceptors (Lipinski definition) is 5. The van der Waals surface area contributed by atoms with Crippen molar-refractivity contribution in [3.63, 3.8) is 0 Å². The molecule has 0 aliphatic heterocycles. The fourth-order valence-corrected chi connectivity index (χ4v) is 3.29. The Morgan fingerprint density at radius 1 is 1.39 bits per heavy atom. The zero-order chi connectivity index (χ0) is 20.6. The summed E-state index contributed by atoms with van der Waals surface area (Å²) in [7, 11) is 0. The van der Waals surface area contributed by atoms with E-state index in [0.29, 0.717) is 0 Å². The lowest BCUT2D eigenvalue weighted by atomic mass is 10.0. The number of Topliss-reactive ketones (excluding diaryl/α,β-unsaturated/α-hetero) is 1. The van der Waals surface area contributed by atoms with Crippen LogP contribution in [0.4, 0.5) is 15.8 Å². The van der Waals surface area contributed by atoms with E-state index in [9.17, 15) is 24.1 Å². The predicted molar refractivity (Wildman–Crippen MR) is 101 cm³/mol. The number of hydrogen-bond donors (Lipinski definition) is 1. The first-order valence-corrected chi connectivity index (χ1v) is 8.84. The van der Waals surface area contributed by atoms with E-state index >= 15 is 0 Å². The van der Waals surface area contributed by atoms with Gasteiger partial charge in [0.25, 0.3) is 11.6 Å². The average molecular weight is 407 g/mol. The highest BCUT2D eigenvalue weighted by Gasteiger charge is 2.33. The first-order valence-electron chi connectivity index (χ1n) is 8.46. The van der Waals surface area contributed by atoms with Crippen LogP contribution in [-0.4, -0.2) is 22.7 Å². The van der Waals surface area contributed by atoms with Gasteiger partial charge in [0.1, 0.15) is 11.6 Å². The summed E-state index contributed by atoms with van der Waals surface area (Å²) in [6, 6.07) is 6.16. The summed E-state index contributed by atoms with van der Waals surface area (Å²) in [5, 5.41) is 13.5. The Balaban J connectivity index is 1.81. The van der Waals surface area contributed by atoms with Crippen LogP contribution >= 0.6 is 11.6 Å². The second-order valence-electron chi connectivity index (χ2n) is 6.53. The van der Waals surface area contributed by atoms with Gasteiger partial charge >= 0.3 is 0 Å². The van der Waals surface area contributed by atoms with Crippen molar-refractivity contribution in [3.8, 4) is 5.75 Å². The number of anilines is 1. The van der Waals surface area contributed by atoms with Gasteiger partial charge in [-0.2, -0.15) is 0 Å². The quantitative estimate of drug-likeness (QED) is 0.583. The van der Waals surface area contributed by atoms with E-state index in [1.165, 1.54) is 31.2 Å². The van der Waals surface area contributed by atoms with Crippen molar-refractivity contribution < 1.29 is 23.6 Å². The van der Waals surface area contributed by atoms with E-state index < -0.39 is 22.8 Å². The van der Waals surface area contributed by atoms with Crippen molar-refractivity contribution in [1.29, 1.82) is 0 Å². The molecule has 1 amide bonds. The third-order valence-electron chi connectivity index (χ3n) is 4.51. The van der Waals surface area contributed by atoms with E-state index in [1.54, 1.807) is 6.92 Å². The number of ketones is 1. The molecule has 0 fully saturated rings. The second-order valence-corrected chi connectivity index (χ2v) is 6.94. The fraction of sp³-hybridized carbons (Fsp3) is 0.263. The number of nitrogens with one attached hydrogen (secondary N) is 1. The lowest BCUT2D eigenvalue weighted by molar-refractivity contribution is -0.384. The van der Waals surface area contributed by atoms with E-state index in [0.717, 1.165) is 6.07 Å². The van der Waals surface area contributed by atoms with Gasteiger partial charge in [0.15, 0.2) is 11.9 Å². The van der Waals surface area contributed by atoms with Gasteiger partial charge in [0.05, 0.1) is 21.2 Å². The Hall–Kier alpha value is -3.00. The molecule has 0 spiro atoms. The molecule has 0 saturated carbocycles. The SMILES string of the molecule is CC(Oc1ccc(F)c2c1C(=O)CC2C)C(=O)Nc1cc([N+](=O)[O-])ccc1Cl. The summed E-state index contributed by atoms with van der Waals surface area (Å²) in [6.07, 6.45) is -0.884. The summed E-state index contributed by atoms with van der Waals surface area (Å²) in [6.45, 7) is 3.19. The Morgan fingerprint density at radius 2 is 2.11 bits per heavy atom. The molecule has 2 aromatic carbocycles. The molecule has 2 unspecified atom stereocenters. The van der Waals surface area contributed by atoms with Crippen LogP contribution in [0.25, 0.3) is 0 Å². The molecule has 3 rings (SSSR count). The van der Waals surface area contributed by atoms with E-state index in [-0.39, 0.29) is 51.4 Å². The first kappa shape index (κ1) is 19.8. The van der Waals surface area contributed by atoms with Crippen LogP contribution in [0.3, 0.4) is 0 Å². The maximum absolute atomic E-state index is 14.1. The molecule has 1 aliphatic carbocycles. The Bertz CT molecular complexity index is 995. The maximum atomic E-state index is 14.1. The summed E-state index contributed by atoms with van der Waals surface area (Å²) in [5.74, 6) is -1.50. The normalized spacial score (nSPS) is 16.4. The minimum absolute atomic E-state index is 0.0605. The summed E-state index contributed by atoms with van der Waals surface area (Å²) in [4.78, 5) is 34.9. The minimum Gasteiger partial charge on any atom is -0.480 e. The summed E-state index contributed by atoms with van der Waals surface area (Å²) < 4.78 is 19.7. The van der Waals surface area contributed by atoms with Gasteiger partial charge < -0.3 is 10.1 Å². The molecule has 7 nitrogen and oxygen atoms in total. The maximum Gasteiger partial charge on any atom is 0.271 e. The lowest BCUT2D eigenvalue weighted by Crippen LogP contribution is -2.30. The van der Waals surface area contributed by atoms with Gasteiger partial charge in [-0.1, -0.05) is 18.5 Å². The molecular weight excluding hydrogens is 391 g/mol. The van der Waals surface area contributed by atoms with Crippen LogP contribution in [0.15, 0.2) is 30.3 Å². The number of nitrogens with zero attached hydrogens (tertiary/aromatic N) is 1. The largest absolute Gasteiger partial charge is 0.480 e. The smallest absolute Gasteiger partial charge is 0.271 e. The van der Waals surface area contributed by atoms with Crippen LogP contribution in [0.1, 0.15) is 42.1 Å². The second kappa shape index (κ2) is 7.55. The number of amides is 1. The third kappa shape index (κ3) is 3.68. The molecule has 2 aromatic rings. The van der Waals surface area contributed by atoms with Crippen molar-refractivity contribution in [1.82, 2.24) is 0 Å². The third-order valence-corrected chi connectivity index (χ3v) is 4.84. The highest BCUT2D eigenvalue weighted by molar-refractivity contribution is 6.33. The minimum atomic E-state index is -1.06. The molecule has 1 aliphatic rings. The number of nitro groups is 1. The molecule has 0 saturated heterocycles. The van der Waals surface area contributed by atoms with Crippen LogP contribution in [0.2, 0.25) is 5.02 Å². The van der Waals surface area contributed by atoms with E-state index in [1.807, 2.05) is 0 Å². The zero-order valence-electron chi connectivity index (χ0n) is 15.0. The lowest BCUT2D eigenvalue weighted by Gasteiger charge is -2.17. The molecule has 1 N–H and O–H groups in total. The zero-order valence-corrected chi connectivity index (χ0v) is 15.7. The molecule has 0 radical (unpaired) electrons. The van der Waals surface area contributed by atoms with Crippen molar-refractivity contribution in [2.45, 2.75) is 32.3 Å². The van der Waals surface area contributed by atoms with Crippen molar-refractivity contribution in [2.24, 2.45) is 0 Å². The molecule has 0 heterocycles. The van der Waals surface area contributed by atoms with Gasteiger partial charge in [0, 0.05) is 24.1 Å². The molecule has 146 valence electrons. The van der Waals surface area contributed by atoms with Crippen molar-refractivity contribution in [2.75, 3.05) is 5.32 Å². The number of ether oxygens (including phenoxy) is 1. The van der Waals surface area contributed by atoms with Crippen molar-refractivity contribution in [3.05, 3.63) is 62.4 Å². The van der Waals surface area contributed by atoms with Gasteiger partial charge in [-0.15, -0.1) is 0 Å². The van der Waals surface area contributed by atoms with Crippen LogP contribution < -0.4 is 10.1 Å². The van der Waals surface area contributed by atoms with Gasteiger partial charge in [-0.05, 0) is 31.0 Å². The summed E-state index contributed by atoms with van der Waals surface area (Å²) >= 11 is 5.97. The Morgan fingerprint density at radius 3 is 2.79 bits per heavy atom. The van der Waals surface area contributed by atoms with Gasteiger partial charge in [-0.3, -0.25) is 19.7 Å². The highest BCUT2D eigenvalue weighted by Crippen LogP contribution is 2.40. The Kier molecular flexibility index (Phi) is 5.33. The fourth-order valence-electron chi connectivity index (χ4n) is 3.12. The van der Waals surface area contributed by atoms with Gasteiger partial charge in [0.2, 0.25) is 0 Å². The monoisotopic (exact) mass is 406 g/mol. The topological polar surface area (TPSA) is 98.5 Å². The highest BCUT2D eigenvalue weighted by atomic mass is 35.5. The number of non-ortho nitro benzene ring substituents is 1. The van der Waals surface area contributed by atoms with Crippen LogP contribution in [0.5, 0.6) is 5.75 Å². The number of benzene rings is 2. The van der Waals surface area contributed by atoms with E-state index in [2.05, 4.69) is 5.32 Å². The molecule has 0 aromatic heterocycles. The van der Waals surface area contributed by atoms with Gasteiger partial charge in [-0.25, -0.2) is 4.39 Å². The predicted octanol–water partition coefficient (Wildman–Crippen LogP) is 4.48. The van der Waals surface area contributed by atoms with Crippen molar-refractivity contribution >= 4 is 34.7 Å². The number of rotatable bonds is 5. The number of carbonyl (C=O) groups excluding carboxylic acids is 2. The average Bonchev–Trinajstić information content (AvgIpc) is 2.94. The molecule has 2 atom stereocenters. The van der Waals surface area contributed by atoms with Crippen LogP contribution in [0, 0.1) is 15.9 Å². The van der Waals surface area contributed by atoms with Crippen LogP contribution in [-0.2, 0) is 4.79 Å². The molecular formula is C19H16ClFN2O5. The molecule has 0 bridgehead atoms. The summed E-state index contributed by atoms with van der Waals surface area (Å²) in [5.41, 5.74) is 0.270. The first-order chi connectivity index (χ1) is 13.2. The number of fused-ring (bicyclic) bond motifs is 1. The molecule has 28 heavy (non-hydrogen) atoms. The molecule has 9 heteroatoms.